The first-order valence-electron chi connectivity index (χ1n) is 7.07. The molecule has 0 amide bonds. The molecule has 2 aromatic rings. The summed E-state index contributed by atoms with van der Waals surface area (Å²) in [6, 6.07) is 8.55. The molecule has 0 radical (unpaired) electrons. The van der Waals surface area contributed by atoms with Crippen LogP contribution in [-0.4, -0.2) is 11.0 Å². The van der Waals surface area contributed by atoms with Crippen molar-refractivity contribution < 1.29 is 0 Å². The summed E-state index contributed by atoms with van der Waals surface area (Å²) in [6.45, 7) is 2.28. The van der Waals surface area contributed by atoms with E-state index in [2.05, 4.69) is 23.3 Å². The molecular formula is C16H19ClN2. The van der Waals surface area contributed by atoms with Crippen LogP contribution in [0.25, 0.3) is 10.9 Å². The monoisotopic (exact) mass is 274 g/mol. The van der Waals surface area contributed by atoms with E-state index >= 15 is 0 Å². The van der Waals surface area contributed by atoms with Crippen molar-refractivity contribution in [2.75, 3.05) is 5.32 Å². The Balaban J connectivity index is 1.87. The minimum absolute atomic E-state index is 0.580. The van der Waals surface area contributed by atoms with Gasteiger partial charge in [0.25, 0.3) is 0 Å². The summed E-state index contributed by atoms with van der Waals surface area (Å²) >= 11 is 6.22. The highest BCUT2D eigenvalue weighted by Gasteiger charge is 2.23. The van der Waals surface area contributed by atoms with E-state index in [-0.39, 0.29) is 0 Å². The zero-order valence-corrected chi connectivity index (χ0v) is 12.0. The van der Waals surface area contributed by atoms with Crippen LogP contribution in [0.4, 0.5) is 5.69 Å². The van der Waals surface area contributed by atoms with Crippen LogP contribution in [-0.2, 0) is 0 Å². The van der Waals surface area contributed by atoms with E-state index < -0.39 is 0 Å². The van der Waals surface area contributed by atoms with Crippen molar-refractivity contribution in [2.45, 2.75) is 38.6 Å². The lowest BCUT2D eigenvalue weighted by atomic mass is 10.1. The second-order valence-corrected chi connectivity index (χ2v) is 5.83. The van der Waals surface area contributed by atoms with Crippen molar-refractivity contribution in [3.05, 3.63) is 35.5 Å². The van der Waals surface area contributed by atoms with Gasteiger partial charge in [0.2, 0.25) is 0 Å². The number of nitrogens with one attached hydrogen (secondary N) is 1. The molecule has 1 fully saturated rings. The Morgan fingerprint density at radius 3 is 3.00 bits per heavy atom. The average molecular weight is 275 g/mol. The Kier molecular flexibility index (Phi) is 3.61. The van der Waals surface area contributed by atoms with E-state index in [1.54, 1.807) is 0 Å². The summed E-state index contributed by atoms with van der Waals surface area (Å²) in [5, 5.41) is 5.45. The molecule has 1 aromatic heterocycles. The van der Waals surface area contributed by atoms with Gasteiger partial charge in [0.05, 0.1) is 16.2 Å². The molecule has 0 aliphatic heterocycles. The molecule has 1 aliphatic rings. The molecular weight excluding hydrogens is 256 g/mol. The minimum Gasteiger partial charge on any atom is -0.381 e. The molecule has 1 aliphatic carbocycles. The molecule has 2 atom stereocenters. The minimum atomic E-state index is 0.580. The molecule has 3 rings (SSSR count). The fraction of sp³-hybridized carbons (Fsp3) is 0.438. The predicted molar refractivity (Wildman–Crippen MR) is 81.8 cm³/mol. The number of benzene rings is 1. The highest BCUT2D eigenvalue weighted by molar-refractivity contribution is 6.35. The lowest BCUT2D eigenvalue weighted by Crippen LogP contribution is -2.15. The van der Waals surface area contributed by atoms with Gasteiger partial charge in [-0.05, 0) is 49.4 Å². The van der Waals surface area contributed by atoms with Crippen LogP contribution in [0.3, 0.4) is 0 Å². The standard InChI is InChI=1S/C16H19ClN2/c1-2-11-5-6-12(10-11)19-15-8-7-14(17)13-4-3-9-18-16(13)15/h3-4,7-9,11-12,19H,2,5-6,10H2,1H3. The van der Waals surface area contributed by atoms with Gasteiger partial charge in [-0.2, -0.15) is 0 Å². The first kappa shape index (κ1) is 12.7. The number of anilines is 1. The van der Waals surface area contributed by atoms with Gasteiger partial charge < -0.3 is 5.32 Å². The second kappa shape index (κ2) is 5.38. The van der Waals surface area contributed by atoms with Gasteiger partial charge in [0, 0.05) is 17.6 Å². The summed E-state index contributed by atoms with van der Waals surface area (Å²) in [5.74, 6) is 0.879. The first-order chi connectivity index (χ1) is 9.28. The van der Waals surface area contributed by atoms with Crippen LogP contribution in [0.15, 0.2) is 30.5 Å². The number of nitrogens with zero attached hydrogens (tertiary/aromatic N) is 1. The van der Waals surface area contributed by atoms with Crippen LogP contribution in [0.5, 0.6) is 0 Å². The van der Waals surface area contributed by atoms with Crippen LogP contribution in [0, 0.1) is 5.92 Å². The lowest BCUT2D eigenvalue weighted by Gasteiger charge is -2.16. The molecule has 0 bridgehead atoms. The summed E-state index contributed by atoms with van der Waals surface area (Å²) < 4.78 is 0. The highest BCUT2D eigenvalue weighted by Crippen LogP contribution is 2.33. The maximum atomic E-state index is 6.22. The third kappa shape index (κ3) is 2.55. The normalized spacial score (nSPS) is 22.8. The third-order valence-electron chi connectivity index (χ3n) is 4.19. The molecule has 0 spiro atoms. The van der Waals surface area contributed by atoms with Crippen LogP contribution < -0.4 is 5.32 Å². The number of halogens is 1. The fourth-order valence-corrected chi connectivity index (χ4v) is 3.27. The molecule has 3 heteroatoms. The number of rotatable bonds is 3. The van der Waals surface area contributed by atoms with Gasteiger partial charge in [-0.25, -0.2) is 0 Å². The summed E-state index contributed by atoms with van der Waals surface area (Å²) in [6.07, 6.45) is 6.99. The Morgan fingerprint density at radius 2 is 2.21 bits per heavy atom. The predicted octanol–water partition coefficient (Wildman–Crippen LogP) is 4.88. The van der Waals surface area contributed by atoms with Gasteiger partial charge >= 0.3 is 0 Å². The van der Waals surface area contributed by atoms with E-state index in [1.807, 2.05) is 24.4 Å². The molecule has 2 unspecified atom stereocenters. The van der Waals surface area contributed by atoms with E-state index in [9.17, 15) is 0 Å². The third-order valence-corrected chi connectivity index (χ3v) is 4.52. The SMILES string of the molecule is CCC1CCC(Nc2ccc(Cl)c3cccnc23)C1. The molecule has 0 saturated heterocycles. The van der Waals surface area contributed by atoms with E-state index in [0.29, 0.717) is 6.04 Å². The number of pyridine rings is 1. The number of fused-ring (bicyclic) bond motifs is 1. The summed E-state index contributed by atoms with van der Waals surface area (Å²) in [4.78, 5) is 4.48. The Morgan fingerprint density at radius 1 is 1.32 bits per heavy atom. The second-order valence-electron chi connectivity index (χ2n) is 5.42. The summed E-state index contributed by atoms with van der Waals surface area (Å²) in [5.41, 5.74) is 2.09. The number of hydrogen-bond donors (Lipinski definition) is 1. The zero-order valence-electron chi connectivity index (χ0n) is 11.2. The molecule has 1 N–H and O–H groups in total. The van der Waals surface area contributed by atoms with Crippen LogP contribution in [0.2, 0.25) is 5.02 Å². The quantitative estimate of drug-likeness (QED) is 0.863. The van der Waals surface area contributed by atoms with E-state index in [1.165, 1.54) is 25.7 Å². The van der Waals surface area contributed by atoms with Crippen molar-refractivity contribution >= 4 is 28.2 Å². The van der Waals surface area contributed by atoms with Gasteiger partial charge in [-0.3, -0.25) is 4.98 Å². The van der Waals surface area contributed by atoms with Crippen molar-refractivity contribution in [1.29, 1.82) is 0 Å². The Hall–Kier alpha value is -1.28. The van der Waals surface area contributed by atoms with E-state index in [0.717, 1.165) is 27.5 Å². The molecule has 1 aromatic carbocycles. The number of aromatic nitrogens is 1. The van der Waals surface area contributed by atoms with Gasteiger partial charge in [-0.1, -0.05) is 24.9 Å². The molecule has 1 saturated carbocycles. The van der Waals surface area contributed by atoms with Crippen molar-refractivity contribution in [1.82, 2.24) is 4.98 Å². The lowest BCUT2D eigenvalue weighted by molar-refractivity contribution is 0.525. The largest absolute Gasteiger partial charge is 0.381 e. The zero-order chi connectivity index (χ0) is 13.2. The van der Waals surface area contributed by atoms with Crippen molar-refractivity contribution in [3.63, 3.8) is 0 Å². The maximum Gasteiger partial charge on any atom is 0.0948 e. The molecule has 1 heterocycles. The van der Waals surface area contributed by atoms with Gasteiger partial charge in [0.15, 0.2) is 0 Å². The van der Waals surface area contributed by atoms with Crippen LogP contribution >= 0.6 is 11.6 Å². The Labute approximate surface area is 119 Å². The topological polar surface area (TPSA) is 24.9 Å². The highest BCUT2D eigenvalue weighted by atomic mass is 35.5. The van der Waals surface area contributed by atoms with E-state index in [4.69, 9.17) is 11.6 Å². The Bertz CT molecular complexity index is 582. The van der Waals surface area contributed by atoms with Crippen molar-refractivity contribution in [2.24, 2.45) is 5.92 Å². The molecule has 19 heavy (non-hydrogen) atoms. The van der Waals surface area contributed by atoms with Gasteiger partial charge in [0.1, 0.15) is 0 Å². The van der Waals surface area contributed by atoms with Gasteiger partial charge in [-0.15, -0.1) is 0 Å². The summed E-state index contributed by atoms with van der Waals surface area (Å²) in [7, 11) is 0. The maximum absolute atomic E-state index is 6.22. The van der Waals surface area contributed by atoms with Crippen molar-refractivity contribution in [3.8, 4) is 0 Å². The molecule has 100 valence electrons. The fourth-order valence-electron chi connectivity index (χ4n) is 3.05. The van der Waals surface area contributed by atoms with Crippen LogP contribution in [0.1, 0.15) is 32.6 Å². The first-order valence-corrected chi connectivity index (χ1v) is 7.45. The smallest absolute Gasteiger partial charge is 0.0948 e. The molecule has 2 nitrogen and oxygen atoms in total. The average Bonchev–Trinajstić information content (AvgIpc) is 2.90. The number of hydrogen-bond acceptors (Lipinski definition) is 2.